The zero-order chi connectivity index (χ0) is 24.5. The average Bonchev–Trinajstić information content (AvgIpc) is 3.38. The summed E-state index contributed by atoms with van der Waals surface area (Å²) in [5.74, 6) is 1.30. The summed E-state index contributed by atoms with van der Waals surface area (Å²) in [5.41, 5.74) is 8.78. The van der Waals surface area contributed by atoms with Gasteiger partial charge in [-0.25, -0.2) is 9.78 Å². The number of nitrogens with two attached hydrogens (primary N) is 1. The Morgan fingerprint density at radius 1 is 1.23 bits per heavy atom. The predicted molar refractivity (Wildman–Crippen MR) is 138 cm³/mol. The highest BCUT2D eigenvalue weighted by Gasteiger charge is 2.47. The molecule has 0 saturated heterocycles. The Bertz CT molecular complexity index is 1130. The molecule has 10 heteroatoms. The van der Waals surface area contributed by atoms with Gasteiger partial charge in [0.05, 0.1) is 12.2 Å². The molecule has 2 aliphatic carbocycles. The lowest BCUT2D eigenvalue weighted by Gasteiger charge is -2.28. The van der Waals surface area contributed by atoms with Crippen LogP contribution in [-0.2, 0) is 11.3 Å². The highest BCUT2D eigenvalue weighted by molar-refractivity contribution is 6.32. The normalized spacial score (nSPS) is 25.3. The van der Waals surface area contributed by atoms with E-state index >= 15 is 0 Å². The number of hydrogen-bond donors (Lipinski definition) is 3. The van der Waals surface area contributed by atoms with E-state index in [0.717, 1.165) is 44.8 Å². The van der Waals surface area contributed by atoms with Crippen molar-refractivity contribution in [3.63, 3.8) is 0 Å². The third-order valence-electron chi connectivity index (χ3n) is 7.28. The Kier molecular flexibility index (Phi) is 6.71. The molecule has 1 saturated carbocycles. The first-order chi connectivity index (χ1) is 16.9. The van der Waals surface area contributed by atoms with E-state index in [1.54, 1.807) is 6.20 Å². The number of halogens is 1. The summed E-state index contributed by atoms with van der Waals surface area (Å²) in [6, 6.07) is 6.26. The summed E-state index contributed by atoms with van der Waals surface area (Å²) in [6.07, 6.45) is 5.59. The number of aromatic nitrogens is 2. The molecule has 2 heterocycles. The highest BCUT2D eigenvalue weighted by Crippen LogP contribution is 2.43. The maximum atomic E-state index is 11.4. The van der Waals surface area contributed by atoms with Gasteiger partial charge in [-0.05, 0) is 37.6 Å². The standard InChI is InChI=1S/C25H32ClN7O2/c1-3-32-9-10-33(4-2)20-12-18(8-7-17(20)14-32)29-25-28-13-19(26)23(31-25)30-21-15-5-6-16(11-15)22(21)35-24(27)34/h5-8,12-13,15-16,21-22H,3-4,9-11,14H2,1-2H3,(H2,27,34)(H2,28,29,30,31)/t15-,16+,21+,22-/m0/s1. The van der Waals surface area contributed by atoms with E-state index in [-0.39, 0.29) is 24.0 Å². The van der Waals surface area contributed by atoms with E-state index in [1.807, 2.05) is 0 Å². The Hall–Kier alpha value is -3.04. The second-order valence-corrected chi connectivity index (χ2v) is 9.73. The van der Waals surface area contributed by atoms with Crippen molar-refractivity contribution < 1.29 is 9.53 Å². The van der Waals surface area contributed by atoms with Crippen LogP contribution in [0, 0.1) is 11.8 Å². The number of benzene rings is 1. The number of hydrogen-bond acceptors (Lipinski definition) is 8. The molecule has 2 bridgehead atoms. The van der Waals surface area contributed by atoms with Gasteiger partial charge in [-0.3, -0.25) is 4.90 Å². The third kappa shape index (κ3) is 4.88. The van der Waals surface area contributed by atoms with Gasteiger partial charge in [-0.1, -0.05) is 36.7 Å². The van der Waals surface area contributed by atoms with Crippen LogP contribution in [0.4, 0.5) is 27.9 Å². The summed E-state index contributed by atoms with van der Waals surface area (Å²) in [4.78, 5) is 25.3. The highest BCUT2D eigenvalue weighted by atomic mass is 35.5. The first-order valence-corrected chi connectivity index (χ1v) is 12.6. The molecule has 4 atom stereocenters. The molecule has 1 fully saturated rings. The fourth-order valence-corrected chi connectivity index (χ4v) is 5.59. The number of anilines is 4. The molecule has 35 heavy (non-hydrogen) atoms. The molecule has 0 radical (unpaired) electrons. The van der Waals surface area contributed by atoms with Crippen molar-refractivity contribution in [1.82, 2.24) is 14.9 Å². The van der Waals surface area contributed by atoms with Crippen molar-refractivity contribution in [2.45, 2.75) is 39.0 Å². The first-order valence-electron chi connectivity index (χ1n) is 12.3. The molecule has 0 unspecified atom stereocenters. The van der Waals surface area contributed by atoms with Gasteiger partial charge in [-0.2, -0.15) is 4.98 Å². The van der Waals surface area contributed by atoms with Crippen molar-refractivity contribution >= 4 is 40.8 Å². The van der Waals surface area contributed by atoms with Gasteiger partial charge in [0, 0.05) is 49.4 Å². The minimum Gasteiger partial charge on any atom is -0.444 e. The number of rotatable bonds is 7. The van der Waals surface area contributed by atoms with Crippen LogP contribution >= 0.6 is 11.6 Å². The molecule has 9 nitrogen and oxygen atoms in total. The zero-order valence-electron chi connectivity index (χ0n) is 20.1. The van der Waals surface area contributed by atoms with Crippen LogP contribution in [0.25, 0.3) is 0 Å². The number of likely N-dealkylation sites (N-methyl/N-ethyl adjacent to an activating group) is 2. The lowest BCUT2D eigenvalue weighted by molar-refractivity contribution is 0.0853. The largest absolute Gasteiger partial charge is 0.444 e. The Morgan fingerprint density at radius 2 is 2.06 bits per heavy atom. The van der Waals surface area contributed by atoms with E-state index < -0.39 is 6.09 Å². The maximum Gasteiger partial charge on any atom is 0.404 e. The molecule has 1 aromatic heterocycles. The van der Waals surface area contributed by atoms with Gasteiger partial charge in [0.1, 0.15) is 11.1 Å². The SMILES string of the molecule is CCN1CCN(CC)c2cc(Nc3ncc(Cl)c(N[C@H]4[C@@H](OC(N)=O)[C@@H]5C=C[C@H]4C5)n3)ccc2C1. The number of carbonyl (C=O) groups excluding carboxylic acids is 1. The number of nitrogens with one attached hydrogen (secondary N) is 2. The molecular weight excluding hydrogens is 466 g/mol. The summed E-state index contributed by atoms with van der Waals surface area (Å²) in [6.45, 7) is 9.37. The molecule has 5 rings (SSSR count). The lowest BCUT2D eigenvalue weighted by Crippen LogP contribution is -2.41. The summed E-state index contributed by atoms with van der Waals surface area (Å²) in [5, 5.41) is 7.12. The molecule has 3 aliphatic rings. The summed E-state index contributed by atoms with van der Waals surface area (Å²) >= 11 is 6.43. The molecule has 186 valence electrons. The summed E-state index contributed by atoms with van der Waals surface area (Å²) in [7, 11) is 0. The predicted octanol–water partition coefficient (Wildman–Crippen LogP) is 3.99. The Balaban J connectivity index is 1.36. The van der Waals surface area contributed by atoms with Crippen molar-refractivity contribution in [2.75, 3.05) is 41.7 Å². The van der Waals surface area contributed by atoms with Crippen molar-refractivity contribution in [1.29, 1.82) is 0 Å². The zero-order valence-corrected chi connectivity index (χ0v) is 20.8. The van der Waals surface area contributed by atoms with E-state index in [4.69, 9.17) is 22.1 Å². The van der Waals surface area contributed by atoms with Crippen LogP contribution in [0.3, 0.4) is 0 Å². The smallest absolute Gasteiger partial charge is 0.404 e. The van der Waals surface area contributed by atoms with E-state index in [9.17, 15) is 4.79 Å². The van der Waals surface area contributed by atoms with E-state index in [2.05, 4.69) is 74.6 Å². The fourth-order valence-electron chi connectivity index (χ4n) is 5.45. The minimum absolute atomic E-state index is 0.146. The van der Waals surface area contributed by atoms with Gasteiger partial charge in [0.15, 0.2) is 5.82 Å². The number of fused-ring (bicyclic) bond motifs is 3. The van der Waals surface area contributed by atoms with Crippen LogP contribution in [0.2, 0.25) is 5.02 Å². The third-order valence-corrected chi connectivity index (χ3v) is 7.55. The van der Waals surface area contributed by atoms with Crippen LogP contribution in [-0.4, -0.2) is 59.3 Å². The van der Waals surface area contributed by atoms with Crippen LogP contribution in [0.5, 0.6) is 0 Å². The van der Waals surface area contributed by atoms with E-state index in [1.165, 1.54) is 11.3 Å². The number of ether oxygens (including phenoxy) is 1. The van der Waals surface area contributed by atoms with E-state index in [0.29, 0.717) is 16.8 Å². The van der Waals surface area contributed by atoms with Gasteiger partial charge < -0.3 is 26.0 Å². The minimum atomic E-state index is -0.773. The van der Waals surface area contributed by atoms with Crippen LogP contribution in [0.15, 0.2) is 36.5 Å². The molecule has 1 amide bonds. The monoisotopic (exact) mass is 497 g/mol. The van der Waals surface area contributed by atoms with Gasteiger partial charge in [-0.15, -0.1) is 0 Å². The second kappa shape index (κ2) is 9.91. The Morgan fingerprint density at radius 3 is 2.83 bits per heavy atom. The number of nitrogens with zero attached hydrogens (tertiary/aromatic N) is 4. The maximum absolute atomic E-state index is 11.4. The van der Waals surface area contributed by atoms with Crippen molar-refractivity contribution in [3.8, 4) is 0 Å². The molecule has 4 N–H and O–H groups in total. The average molecular weight is 498 g/mol. The number of amides is 1. The van der Waals surface area contributed by atoms with Crippen molar-refractivity contribution in [2.24, 2.45) is 17.6 Å². The second-order valence-electron chi connectivity index (χ2n) is 9.33. The van der Waals surface area contributed by atoms with Gasteiger partial charge >= 0.3 is 6.09 Å². The molecule has 1 aliphatic heterocycles. The topological polar surface area (TPSA) is 109 Å². The number of carbonyl (C=O) groups is 1. The van der Waals surface area contributed by atoms with Crippen LogP contribution in [0.1, 0.15) is 25.8 Å². The Labute approximate surface area is 210 Å². The lowest BCUT2D eigenvalue weighted by atomic mass is 9.98. The fraction of sp³-hybridized carbons (Fsp3) is 0.480. The van der Waals surface area contributed by atoms with Crippen molar-refractivity contribution in [3.05, 3.63) is 47.1 Å². The summed E-state index contributed by atoms with van der Waals surface area (Å²) < 4.78 is 5.41. The quantitative estimate of drug-likeness (QED) is 0.493. The molecule has 1 aromatic carbocycles. The molecule has 0 spiro atoms. The first kappa shape index (κ1) is 23.7. The van der Waals surface area contributed by atoms with Crippen LogP contribution < -0.4 is 21.3 Å². The van der Waals surface area contributed by atoms with Gasteiger partial charge in [0.2, 0.25) is 5.95 Å². The molecular formula is C25H32ClN7O2. The van der Waals surface area contributed by atoms with Gasteiger partial charge in [0.25, 0.3) is 0 Å². The number of primary amides is 1. The molecule has 2 aromatic rings.